The summed E-state index contributed by atoms with van der Waals surface area (Å²) in [5.74, 6) is -1.70. The molecule has 1 N–H and O–H groups in total. The molecule has 1 atom stereocenters. The Labute approximate surface area is 168 Å². The zero-order valence-electron chi connectivity index (χ0n) is 15.6. The second-order valence-corrected chi connectivity index (χ2v) is 7.36. The Balaban J connectivity index is 1.39. The molecule has 3 aromatic carbocycles. The van der Waals surface area contributed by atoms with Crippen molar-refractivity contribution in [3.8, 4) is 11.1 Å². The van der Waals surface area contributed by atoms with Gasteiger partial charge < -0.3 is 9.84 Å². The highest BCUT2D eigenvalue weighted by molar-refractivity contribution is 5.95. The molecule has 144 valence electrons. The van der Waals surface area contributed by atoms with Crippen LogP contribution in [0.1, 0.15) is 28.5 Å². The quantitative estimate of drug-likeness (QED) is 0.714. The minimum absolute atomic E-state index is 0.0283. The van der Waals surface area contributed by atoms with Crippen molar-refractivity contribution in [3.05, 3.63) is 89.5 Å². The number of amides is 1. The molecule has 2 aliphatic rings. The van der Waals surface area contributed by atoms with Crippen LogP contribution in [0.2, 0.25) is 0 Å². The molecule has 3 aromatic rings. The van der Waals surface area contributed by atoms with E-state index in [0.717, 1.165) is 11.1 Å². The number of anilines is 1. The van der Waals surface area contributed by atoms with Crippen molar-refractivity contribution in [2.75, 3.05) is 18.1 Å². The van der Waals surface area contributed by atoms with Crippen molar-refractivity contribution < 1.29 is 19.4 Å². The Kier molecular flexibility index (Phi) is 4.09. The molecule has 1 heterocycles. The lowest BCUT2D eigenvalue weighted by molar-refractivity contribution is -0.138. The number of ether oxygens (including phenoxy) is 1. The number of carboxylic acids is 1. The molecule has 0 aromatic heterocycles. The first-order valence-electron chi connectivity index (χ1n) is 9.59. The SMILES string of the molecule is O=C(O)C1CN(C(=O)OCC2c3ccccc3-c3ccccc32)c2ccccc21. The molecule has 0 saturated carbocycles. The number of hydrogen-bond acceptors (Lipinski definition) is 3. The number of carbonyl (C=O) groups excluding carboxylic acids is 1. The molecule has 0 radical (unpaired) electrons. The van der Waals surface area contributed by atoms with Gasteiger partial charge in [-0.15, -0.1) is 0 Å². The highest BCUT2D eigenvalue weighted by Crippen LogP contribution is 2.45. The molecular formula is C24H19NO4. The number of fused-ring (bicyclic) bond motifs is 4. The van der Waals surface area contributed by atoms with Gasteiger partial charge in [-0.25, -0.2) is 4.79 Å². The third kappa shape index (κ3) is 2.78. The molecule has 1 aliphatic carbocycles. The molecule has 5 heteroatoms. The normalized spacial score (nSPS) is 16.8. The van der Waals surface area contributed by atoms with E-state index in [4.69, 9.17) is 4.74 Å². The lowest BCUT2D eigenvalue weighted by atomic mass is 9.98. The Hall–Kier alpha value is -3.60. The number of carbonyl (C=O) groups is 2. The number of rotatable bonds is 3. The lowest BCUT2D eigenvalue weighted by Gasteiger charge is -2.20. The van der Waals surface area contributed by atoms with Crippen LogP contribution in [0.3, 0.4) is 0 Å². The van der Waals surface area contributed by atoms with Crippen molar-refractivity contribution in [2.45, 2.75) is 11.8 Å². The van der Waals surface area contributed by atoms with Gasteiger partial charge in [-0.2, -0.15) is 0 Å². The van der Waals surface area contributed by atoms with E-state index in [1.165, 1.54) is 16.0 Å². The molecule has 0 spiro atoms. The maximum Gasteiger partial charge on any atom is 0.414 e. The van der Waals surface area contributed by atoms with Gasteiger partial charge in [0.25, 0.3) is 0 Å². The lowest BCUT2D eigenvalue weighted by Crippen LogP contribution is -2.32. The Morgan fingerprint density at radius 1 is 0.862 bits per heavy atom. The molecule has 5 rings (SSSR count). The van der Waals surface area contributed by atoms with Gasteiger partial charge in [0, 0.05) is 12.5 Å². The minimum Gasteiger partial charge on any atom is -0.481 e. The Morgan fingerprint density at radius 3 is 2.03 bits per heavy atom. The zero-order chi connectivity index (χ0) is 20.0. The first-order valence-corrected chi connectivity index (χ1v) is 9.59. The van der Waals surface area contributed by atoms with E-state index < -0.39 is 18.0 Å². The summed E-state index contributed by atoms with van der Waals surface area (Å²) in [7, 11) is 0. The van der Waals surface area contributed by atoms with Crippen LogP contribution in [-0.4, -0.2) is 30.3 Å². The number of carboxylic acid groups (broad SMARTS) is 1. The molecule has 5 nitrogen and oxygen atoms in total. The highest BCUT2D eigenvalue weighted by Gasteiger charge is 2.38. The molecule has 0 saturated heterocycles. The first-order chi connectivity index (χ1) is 14.1. The Morgan fingerprint density at radius 2 is 1.41 bits per heavy atom. The van der Waals surface area contributed by atoms with Gasteiger partial charge in [0.1, 0.15) is 12.5 Å². The van der Waals surface area contributed by atoms with Crippen molar-refractivity contribution >= 4 is 17.7 Å². The summed E-state index contributed by atoms with van der Waals surface area (Å²) in [6.07, 6.45) is -0.511. The highest BCUT2D eigenvalue weighted by atomic mass is 16.6. The van der Waals surface area contributed by atoms with Gasteiger partial charge in [-0.3, -0.25) is 9.69 Å². The fraction of sp³-hybridized carbons (Fsp3) is 0.167. The molecule has 1 unspecified atom stereocenters. The number of benzene rings is 3. The van der Waals surface area contributed by atoms with Crippen LogP contribution >= 0.6 is 0 Å². The van der Waals surface area contributed by atoms with E-state index >= 15 is 0 Å². The van der Waals surface area contributed by atoms with E-state index in [1.807, 2.05) is 24.3 Å². The average molecular weight is 385 g/mol. The summed E-state index contributed by atoms with van der Waals surface area (Å²) in [6, 6.07) is 23.4. The van der Waals surface area contributed by atoms with Crippen LogP contribution in [0.4, 0.5) is 10.5 Å². The number of aliphatic carboxylic acids is 1. The maximum atomic E-state index is 12.9. The topological polar surface area (TPSA) is 66.8 Å². The van der Waals surface area contributed by atoms with Gasteiger partial charge in [-0.1, -0.05) is 66.7 Å². The number of para-hydroxylation sites is 1. The largest absolute Gasteiger partial charge is 0.481 e. The van der Waals surface area contributed by atoms with Gasteiger partial charge in [0.2, 0.25) is 0 Å². The van der Waals surface area contributed by atoms with Gasteiger partial charge >= 0.3 is 12.1 Å². The molecule has 1 amide bonds. The van der Waals surface area contributed by atoms with Crippen LogP contribution < -0.4 is 4.90 Å². The third-order valence-corrected chi connectivity index (χ3v) is 5.82. The molecule has 1 aliphatic heterocycles. The fourth-order valence-electron chi connectivity index (χ4n) is 4.46. The minimum atomic E-state index is -0.939. The molecule has 0 fully saturated rings. The van der Waals surface area contributed by atoms with E-state index in [1.54, 1.807) is 24.3 Å². The van der Waals surface area contributed by atoms with Crippen LogP contribution in [-0.2, 0) is 9.53 Å². The van der Waals surface area contributed by atoms with Crippen LogP contribution in [0.15, 0.2) is 72.8 Å². The van der Waals surface area contributed by atoms with Crippen LogP contribution in [0, 0.1) is 0 Å². The predicted octanol–water partition coefficient (Wildman–Crippen LogP) is 4.62. The second-order valence-electron chi connectivity index (χ2n) is 7.36. The fourth-order valence-corrected chi connectivity index (χ4v) is 4.46. The predicted molar refractivity (Wildman–Crippen MR) is 109 cm³/mol. The van der Waals surface area contributed by atoms with E-state index in [-0.39, 0.29) is 19.1 Å². The van der Waals surface area contributed by atoms with Gasteiger partial charge in [-0.05, 0) is 33.9 Å². The molecule has 29 heavy (non-hydrogen) atoms. The van der Waals surface area contributed by atoms with Gasteiger partial charge in [0.05, 0.1) is 5.69 Å². The monoisotopic (exact) mass is 385 g/mol. The Bertz CT molecular complexity index is 1080. The van der Waals surface area contributed by atoms with Gasteiger partial charge in [0.15, 0.2) is 0 Å². The summed E-state index contributed by atoms with van der Waals surface area (Å²) in [4.78, 5) is 25.9. The number of hydrogen-bond donors (Lipinski definition) is 1. The smallest absolute Gasteiger partial charge is 0.414 e. The van der Waals surface area contributed by atoms with Crippen molar-refractivity contribution in [1.82, 2.24) is 0 Å². The van der Waals surface area contributed by atoms with E-state index in [0.29, 0.717) is 11.3 Å². The summed E-state index contributed by atoms with van der Waals surface area (Å²) in [6.45, 7) is 0.300. The first kappa shape index (κ1) is 17.5. The zero-order valence-corrected chi connectivity index (χ0v) is 15.6. The summed E-state index contributed by atoms with van der Waals surface area (Å²) in [5, 5.41) is 9.50. The van der Waals surface area contributed by atoms with Crippen LogP contribution in [0.25, 0.3) is 11.1 Å². The summed E-state index contributed by atoms with van der Waals surface area (Å²) < 4.78 is 5.70. The van der Waals surface area contributed by atoms with Crippen molar-refractivity contribution in [2.24, 2.45) is 0 Å². The maximum absolute atomic E-state index is 12.9. The molecule has 0 bridgehead atoms. The van der Waals surface area contributed by atoms with Crippen LogP contribution in [0.5, 0.6) is 0 Å². The second kappa shape index (κ2) is 6.78. The third-order valence-electron chi connectivity index (χ3n) is 5.82. The van der Waals surface area contributed by atoms with E-state index in [2.05, 4.69) is 24.3 Å². The summed E-state index contributed by atoms with van der Waals surface area (Å²) in [5.41, 5.74) is 5.88. The standard InChI is InChI=1S/C24H19NO4/c26-23(27)20-13-25(22-12-6-5-11-19(20)22)24(28)29-14-21-17-9-3-1-7-15(17)16-8-2-4-10-18(16)21/h1-12,20-21H,13-14H2,(H,26,27). The van der Waals surface area contributed by atoms with E-state index in [9.17, 15) is 14.7 Å². The van der Waals surface area contributed by atoms with Crippen molar-refractivity contribution in [3.63, 3.8) is 0 Å². The number of nitrogens with zero attached hydrogens (tertiary/aromatic N) is 1. The average Bonchev–Trinajstić information content (AvgIpc) is 3.29. The van der Waals surface area contributed by atoms with Crippen molar-refractivity contribution in [1.29, 1.82) is 0 Å². The summed E-state index contributed by atoms with van der Waals surface area (Å²) >= 11 is 0. The molecular weight excluding hydrogens is 366 g/mol.